The molecule has 0 fully saturated rings. The van der Waals surface area contributed by atoms with Crippen molar-refractivity contribution in [2.75, 3.05) is 6.61 Å². The summed E-state index contributed by atoms with van der Waals surface area (Å²) >= 11 is 0.458. The molecule has 0 aliphatic heterocycles. The highest BCUT2D eigenvalue weighted by Crippen LogP contribution is 2.02. The Kier molecular flexibility index (Phi) is 4.49. The molecule has 21 heavy (non-hydrogen) atoms. The molecule has 0 atom stereocenters. The van der Waals surface area contributed by atoms with Crippen molar-refractivity contribution < 1.29 is 14.3 Å². The van der Waals surface area contributed by atoms with Crippen LogP contribution in [0.25, 0.3) is 0 Å². The molecule has 1 aromatic heterocycles. The van der Waals surface area contributed by atoms with E-state index < -0.39 is 29.0 Å². The van der Waals surface area contributed by atoms with Crippen molar-refractivity contribution >= 4 is 23.4 Å². The van der Waals surface area contributed by atoms with Gasteiger partial charge in [0.2, 0.25) is 0 Å². The number of carbonyl (C=O) groups is 2. The van der Waals surface area contributed by atoms with Crippen LogP contribution in [-0.2, 0) is 16.1 Å². The summed E-state index contributed by atoms with van der Waals surface area (Å²) < 4.78 is 6.10. The van der Waals surface area contributed by atoms with E-state index in [0.717, 1.165) is 3.96 Å². The van der Waals surface area contributed by atoms with Crippen molar-refractivity contribution in [2.24, 2.45) is 0 Å². The van der Waals surface area contributed by atoms with Crippen LogP contribution in [0.2, 0.25) is 0 Å². The standard InChI is InChI=1S/C13H12N2O5S/c1-2-20-10(16)8-14-12(18)15(21-13(14)19)11(17)9-6-4-3-5-7-9/h3-7H,2,8H2,1H3. The van der Waals surface area contributed by atoms with Crippen LogP contribution in [-0.4, -0.2) is 27.0 Å². The number of ether oxygens (including phenoxy) is 1. The van der Waals surface area contributed by atoms with Gasteiger partial charge in [0.25, 0.3) is 5.91 Å². The van der Waals surface area contributed by atoms with E-state index in [0.29, 0.717) is 16.1 Å². The van der Waals surface area contributed by atoms with E-state index in [1.54, 1.807) is 25.1 Å². The molecule has 110 valence electrons. The minimum atomic E-state index is -0.841. The summed E-state index contributed by atoms with van der Waals surface area (Å²) in [7, 11) is 0. The summed E-state index contributed by atoms with van der Waals surface area (Å²) in [4.78, 5) is 46.6. The largest absolute Gasteiger partial charge is 0.465 e. The molecule has 0 unspecified atom stereocenters. The Morgan fingerprint density at radius 1 is 1.19 bits per heavy atom. The highest BCUT2D eigenvalue weighted by molar-refractivity contribution is 7.04. The van der Waals surface area contributed by atoms with Crippen molar-refractivity contribution in [2.45, 2.75) is 13.5 Å². The van der Waals surface area contributed by atoms with Gasteiger partial charge in [0.05, 0.1) is 6.61 Å². The van der Waals surface area contributed by atoms with Crippen LogP contribution in [0.1, 0.15) is 17.3 Å². The minimum absolute atomic E-state index is 0.148. The van der Waals surface area contributed by atoms with Crippen molar-refractivity contribution in [3.05, 3.63) is 56.0 Å². The van der Waals surface area contributed by atoms with Crippen LogP contribution in [0, 0.1) is 0 Å². The van der Waals surface area contributed by atoms with Crippen molar-refractivity contribution in [3.63, 3.8) is 0 Å². The molecule has 0 bridgehead atoms. The van der Waals surface area contributed by atoms with Crippen LogP contribution in [0.15, 0.2) is 39.9 Å². The molecule has 0 aliphatic rings. The summed E-state index contributed by atoms with van der Waals surface area (Å²) in [5.41, 5.74) is -0.559. The number of esters is 1. The second kappa shape index (κ2) is 6.31. The molecule has 0 spiro atoms. The highest BCUT2D eigenvalue weighted by Gasteiger charge is 2.19. The minimum Gasteiger partial charge on any atom is -0.465 e. The molecule has 0 saturated carbocycles. The zero-order valence-corrected chi connectivity index (χ0v) is 12.0. The second-order valence-electron chi connectivity index (χ2n) is 4.00. The molecule has 2 rings (SSSR count). The van der Waals surface area contributed by atoms with Gasteiger partial charge in [-0.3, -0.25) is 14.4 Å². The molecule has 0 N–H and O–H groups in total. The molecule has 0 amide bonds. The van der Waals surface area contributed by atoms with Gasteiger partial charge >= 0.3 is 16.5 Å². The van der Waals surface area contributed by atoms with Gasteiger partial charge in [-0.2, -0.15) is 3.96 Å². The van der Waals surface area contributed by atoms with Crippen LogP contribution >= 0.6 is 11.5 Å². The van der Waals surface area contributed by atoms with Gasteiger partial charge in [-0.15, -0.1) is 0 Å². The Bertz CT molecular complexity index is 772. The first-order valence-electron chi connectivity index (χ1n) is 6.13. The zero-order valence-electron chi connectivity index (χ0n) is 11.1. The molecular weight excluding hydrogens is 296 g/mol. The first-order valence-corrected chi connectivity index (χ1v) is 6.90. The van der Waals surface area contributed by atoms with Crippen LogP contribution in [0.3, 0.4) is 0 Å². The fourth-order valence-electron chi connectivity index (χ4n) is 1.65. The third kappa shape index (κ3) is 3.16. The second-order valence-corrected chi connectivity index (χ2v) is 4.89. The molecule has 1 aromatic carbocycles. The summed E-state index contributed by atoms with van der Waals surface area (Å²) in [6.07, 6.45) is 0. The number of rotatable bonds is 4. The highest BCUT2D eigenvalue weighted by atomic mass is 32.1. The molecule has 7 nitrogen and oxygen atoms in total. The zero-order chi connectivity index (χ0) is 15.4. The summed E-state index contributed by atoms with van der Waals surface area (Å²) in [5.74, 6) is -1.31. The van der Waals surface area contributed by atoms with Crippen LogP contribution < -0.4 is 10.6 Å². The van der Waals surface area contributed by atoms with E-state index in [9.17, 15) is 19.2 Å². The van der Waals surface area contributed by atoms with Crippen LogP contribution in [0.5, 0.6) is 0 Å². The lowest BCUT2D eigenvalue weighted by Crippen LogP contribution is -2.34. The van der Waals surface area contributed by atoms with Crippen molar-refractivity contribution in [1.82, 2.24) is 8.52 Å². The van der Waals surface area contributed by atoms with Crippen molar-refractivity contribution in [1.29, 1.82) is 0 Å². The first kappa shape index (κ1) is 14.9. The molecule has 8 heteroatoms. The Balaban J connectivity index is 2.36. The lowest BCUT2D eigenvalue weighted by molar-refractivity contribution is -0.143. The third-order valence-electron chi connectivity index (χ3n) is 2.59. The van der Waals surface area contributed by atoms with E-state index >= 15 is 0 Å². The maximum Gasteiger partial charge on any atom is 0.349 e. The van der Waals surface area contributed by atoms with Gasteiger partial charge in [-0.1, -0.05) is 18.2 Å². The molecular formula is C13H12N2O5S. The lowest BCUT2D eigenvalue weighted by atomic mass is 10.2. The summed E-state index contributed by atoms with van der Waals surface area (Å²) in [6.45, 7) is 1.26. The fraction of sp³-hybridized carbons (Fsp3) is 0.231. The number of hydrogen-bond acceptors (Lipinski definition) is 6. The Labute approximate surface area is 123 Å². The van der Waals surface area contributed by atoms with Crippen molar-refractivity contribution in [3.8, 4) is 0 Å². The van der Waals surface area contributed by atoms with Gasteiger partial charge in [0, 0.05) is 17.1 Å². The number of aromatic nitrogens is 2. The average Bonchev–Trinajstić information content (AvgIpc) is 2.76. The Morgan fingerprint density at radius 3 is 2.48 bits per heavy atom. The van der Waals surface area contributed by atoms with Gasteiger partial charge in [-0.25, -0.2) is 9.36 Å². The number of hydrogen-bond donors (Lipinski definition) is 0. The number of benzene rings is 1. The molecule has 0 aliphatic carbocycles. The average molecular weight is 308 g/mol. The number of carbonyl (C=O) groups excluding carboxylic acids is 2. The molecule has 2 aromatic rings. The molecule has 0 radical (unpaired) electrons. The van der Waals surface area contributed by atoms with E-state index in [-0.39, 0.29) is 12.2 Å². The first-order chi connectivity index (χ1) is 10.0. The van der Waals surface area contributed by atoms with Gasteiger partial charge in [0.15, 0.2) is 0 Å². The van der Waals surface area contributed by atoms with Gasteiger partial charge < -0.3 is 4.74 Å². The van der Waals surface area contributed by atoms with Crippen LogP contribution in [0.4, 0.5) is 0 Å². The van der Waals surface area contributed by atoms with E-state index in [1.807, 2.05) is 0 Å². The topological polar surface area (TPSA) is 87.4 Å². The summed E-state index contributed by atoms with van der Waals surface area (Å²) in [6, 6.07) is 8.10. The SMILES string of the molecule is CCOC(=O)Cn1c(=O)sn(C(=O)c2ccccc2)c1=O. The third-order valence-corrected chi connectivity index (χ3v) is 3.47. The maximum atomic E-state index is 12.1. The van der Waals surface area contributed by atoms with E-state index in [4.69, 9.17) is 0 Å². The van der Waals surface area contributed by atoms with E-state index in [1.165, 1.54) is 12.1 Å². The predicted molar refractivity (Wildman–Crippen MR) is 75.6 cm³/mol. The predicted octanol–water partition coefficient (Wildman–Crippen LogP) is 0.323. The lowest BCUT2D eigenvalue weighted by Gasteiger charge is -2.00. The molecule has 0 saturated heterocycles. The maximum absolute atomic E-state index is 12.1. The Hall–Kier alpha value is -2.48. The monoisotopic (exact) mass is 308 g/mol. The fourth-order valence-corrected chi connectivity index (χ4v) is 2.41. The smallest absolute Gasteiger partial charge is 0.349 e. The van der Waals surface area contributed by atoms with Gasteiger partial charge in [-0.05, 0) is 19.1 Å². The number of nitrogens with zero attached hydrogens (tertiary/aromatic N) is 2. The summed E-state index contributed by atoms with van der Waals surface area (Å²) in [5, 5.41) is 0. The van der Waals surface area contributed by atoms with E-state index in [2.05, 4.69) is 4.74 Å². The Morgan fingerprint density at radius 2 is 1.86 bits per heavy atom. The quantitative estimate of drug-likeness (QED) is 0.759. The van der Waals surface area contributed by atoms with Gasteiger partial charge in [0.1, 0.15) is 6.54 Å². The normalized spacial score (nSPS) is 10.3. The molecule has 1 heterocycles.